The third-order valence-corrected chi connectivity index (χ3v) is 3.82. The number of halogens is 1. The number of rotatable bonds is 8. The van der Waals surface area contributed by atoms with Gasteiger partial charge in [0.05, 0.1) is 19.8 Å². The molecule has 2 aromatic carbocycles. The van der Waals surface area contributed by atoms with Crippen LogP contribution in [0.2, 0.25) is 0 Å². The highest BCUT2D eigenvalue weighted by Crippen LogP contribution is 2.28. The van der Waals surface area contributed by atoms with Gasteiger partial charge in [-0.1, -0.05) is 43.3 Å². The number of benzene rings is 2. The summed E-state index contributed by atoms with van der Waals surface area (Å²) in [6.45, 7) is 2.81. The van der Waals surface area contributed by atoms with Crippen LogP contribution in [0.3, 0.4) is 0 Å². The molecule has 0 spiro atoms. The molecule has 1 atom stereocenters. The predicted molar refractivity (Wildman–Crippen MR) is 89.3 cm³/mol. The lowest BCUT2D eigenvalue weighted by Crippen LogP contribution is -3.00. The zero-order valence-electron chi connectivity index (χ0n) is 13.9. The van der Waals surface area contributed by atoms with Crippen molar-refractivity contribution in [2.24, 2.45) is 0 Å². The van der Waals surface area contributed by atoms with Crippen LogP contribution in [-0.2, 0) is 12.8 Å². The van der Waals surface area contributed by atoms with Gasteiger partial charge in [0.15, 0.2) is 11.5 Å². The van der Waals surface area contributed by atoms with Crippen molar-refractivity contribution in [2.75, 3.05) is 13.7 Å². The summed E-state index contributed by atoms with van der Waals surface area (Å²) in [4.78, 5) is 0. The molecule has 0 amide bonds. The summed E-state index contributed by atoms with van der Waals surface area (Å²) in [6, 6.07) is 17.0. The molecule has 1 unspecified atom stereocenters. The lowest BCUT2D eigenvalue weighted by molar-refractivity contribution is -0.419. The van der Waals surface area contributed by atoms with Gasteiger partial charge in [-0.25, -0.2) is 0 Å². The van der Waals surface area contributed by atoms with E-state index < -0.39 is 0 Å². The van der Waals surface area contributed by atoms with Crippen LogP contribution >= 0.6 is 0 Å². The van der Waals surface area contributed by atoms with Gasteiger partial charge in [0.2, 0.25) is 0 Å². The van der Waals surface area contributed by atoms with Gasteiger partial charge in [-0.15, -0.1) is 0 Å². The third-order valence-electron chi connectivity index (χ3n) is 3.82. The first-order valence-electron chi connectivity index (χ1n) is 7.89. The molecule has 0 aliphatic carbocycles. The minimum atomic E-state index is 0. The van der Waals surface area contributed by atoms with E-state index in [1.54, 1.807) is 7.11 Å². The van der Waals surface area contributed by atoms with Crippen LogP contribution in [0.1, 0.15) is 24.5 Å². The third kappa shape index (κ3) is 6.12. The molecule has 4 heteroatoms. The van der Waals surface area contributed by atoms with Crippen molar-refractivity contribution in [3.05, 3.63) is 59.7 Å². The smallest absolute Gasteiger partial charge is 0.161 e. The lowest BCUT2D eigenvalue weighted by Gasteiger charge is -2.13. The van der Waals surface area contributed by atoms with Gasteiger partial charge < -0.3 is 27.6 Å². The summed E-state index contributed by atoms with van der Waals surface area (Å²) >= 11 is 0. The molecule has 0 bridgehead atoms. The molecular formula is C19H26ClNO2. The second-order valence-corrected chi connectivity index (χ2v) is 5.55. The number of quaternary nitrogens is 1. The largest absolute Gasteiger partial charge is 1.00 e. The Morgan fingerprint density at radius 1 is 1.00 bits per heavy atom. The first kappa shape index (κ1) is 19.3. The van der Waals surface area contributed by atoms with Crippen molar-refractivity contribution in [1.29, 1.82) is 0 Å². The summed E-state index contributed by atoms with van der Waals surface area (Å²) < 4.78 is 11.3. The number of methoxy groups -OCH3 is 1. The molecule has 3 N–H and O–H groups in total. The summed E-state index contributed by atoms with van der Waals surface area (Å²) in [6.07, 6.45) is 2.94. The fourth-order valence-corrected chi connectivity index (χ4v) is 2.36. The Kier molecular flexibility index (Phi) is 8.52. The number of ether oxygens (including phenoxy) is 2. The molecule has 3 nitrogen and oxygen atoms in total. The van der Waals surface area contributed by atoms with Gasteiger partial charge in [-0.3, -0.25) is 0 Å². The fraction of sp³-hybridized carbons (Fsp3) is 0.368. The first-order chi connectivity index (χ1) is 10.7. The Morgan fingerprint density at radius 2 is 1.74 bits per heavy atom. The van der Waals surface area contributed by atoms with E-state index in [0.29, 0.717) is 12.6 Å². The second kappa shape index (κ2) is 10.1. The Labute approximate surface area is 145 Å². The minimum absolute atomic E-state index is 0. The van der Waals surface area contributed by atoms with Gasteiger partial charge in [0.25, 0.3) is 0 Å². The predicted octanol–water partition coefficient (Wildman–Crippen LogP) is -0.116. The monoisotopic (exact) mass is 335 g/mol. The highest BCUT2D eigenvalue weighted by molar-refractivity contribution is 5.43. The first-order valence-corrected chi connectivity index (χ1v) is 7.89. The van der Waals surface area contributed by atoms with Crippen LogP contribution in [0.5, 0.6) is 11.5 Å². The number of hydrogen-bond acceptors (Lipinski definition) is 2. The van der Waals surface area contributed by atoms with Gasteiger partial charge in [-0.05, 0) is 29.7 Å². The topological polar surface area (TPSA) is 46.1 Å². The second-order valence-electron chi connectivity index (χ2n) is 5.55. The van der Waals surface area contributed by atoms with E-state index in [9.17, 15) is 0 Å². The van der Waals surface area contributed by atoms with E-state index in [2.05, 4.69) is 49.1 Å². The maximum atomic E-state index is 5.94. The number of hydrogen-bond donors (Lipinski definition) is 1. The van der Waals surface area contributed by atoms with E-state index in [0.717, 1.165) is 30.8 Å². The van der Waals surface area contributed by atoms with Crippen molar-refractivity contribution in [1.82, 2.24) is 0 Å². The summed E-state index contributed by atoms with van der Waals surface area (Å²) in [5.74, 6) is 1.60. The molecule has 0 saturated heterocycles. The van der Waals surface area contributed by atoms with E-state index in [1.807, 2.05) is 12.1 Å². The Morgan fingerprint density at radius 3 is 2.39 bits per heavy atom. The zero-order chi connectivity index (χ0) is 15.8. The molecule has 0 saturated carbocycles. The molecule has 23 heavy (non-hydrogen) atoms. The van der Waals surface area contributed by atoms with Gasteiger partial charge in [0, 0.05) is 12.8 Å². The van der Waals surface area contributed by atoms with Crippen LogP contribution in [-0.4, -0.2) is 19.8 Å². The van der Waals surface area contributed by atoms with Crippen molar-refractivity contribution >= 4 is 0 Å². The molecule has 0 aromatic heterocycles. The maximum absolute atomic E-state index is 5.94. The quantitative estimate of drug-likeness (QED) is 0.731. The van der Waals surface area contributed by atoms with E-state index >= 15 is 0 Å². The SMILES string of the molecule is CCC([NH3+])Cc1ccc(OC)c(OCCc2ccccc2)c1.[Cl-]. The molecule has 2 aromatic rings. The Balaban J connectivity index is 0.00000264. The zero-order valence-corrected chi connectivity index (χ0v) is 14.7. The molecular weight excluding hydrogens is 310 g/mol. The van der Waals surface area contributed by atoms with Gasteiger partial charge >= 0.3 is 0 Å². The van der Waals surface area contributed by atoms with Crippen LogP contribution in [0, 0.1) is 0 Å². The van der Waals surface area contributed by atoms with E-state index in [-0.39, 0.29) is 12.4 Å². The lowest BCUT2D eigenvalue weighted by atomic mass is 10.0. The highest BCUT2D eigenvalue weighted by atomic mass is 35.5. The maximum Gasteiger partial charge on any atom is 0.161 e. The Bertz CT molecular complexity index is 575. The minimum Gasteiger partial charge on any atom is -1.00 e. The fourth-order valence-electron chi connectivity index (χ4n) is 2.36. The van der Waals surface area contributed by atoms with E-state index in [4.69, 9.17) is 9.47 Å². The normalized spacial score (nSPS) is 11.4. The van der Waals surface area contributed by atoms with Gasteiger partial charge in [-0.2, -0.15) is 0 Å². The van der Waals surface area contributed by atoms with Crippen molar-refractivity contribution < 1.29 is 27.6 Å². The van der Waals surface area contributed by atoms with E-state index in [1.165, 1.54) is 11.1 Å². The molecule has 0 aliphatic rings. The van der Waals surface area contributed by atoms with Crippen LogP contribution in [0.15, 0.2) is 48.5 Å². The van der Waals surface area contributed by atoms with Crippen LogP contribution < -0.4 is 27.6 Å². The van der Waals surface area contributed by atoms with Crippen LogP contribution in [0.4, 0.5) is 0 Å². The molecule has 0 aliphatic heterocycles. The summed E-state index contributed by atoms with van der Waals surface area (Å²) in [5.41, 5.74) is 6.68. The summed E-state index contributed by atoms with van der Waals surface area (Å²) in [7, 11) is 1.68. The Hall–Kier alpha value is -1.71. The van der Waals surface area contributed by atoms with Crippen molar-refractivity contribution in [3.8, 4) is 11.5 Å². The average molecular weight is 336 g/mol. The molecule has 0 heterocycles. The molecule has 2 rings (SSSR count). The molecule has 126 valence electrons. The standard InChI is InChI=1S/C19H25NO2.ClH/c1-3-17(20)13-16-9-10-18(21-2)19(14-16)22-12-11-15-7-5-4-6-8-15;/h4-10,14,17H,3,11-13,20H2,1-2H3;1H. The van der Waals surface area contributed by atoms with Crippen LogP contribution in [0.25, 0.3) is 0 Å². The highest BCUT2D eigenvalue weighted by Gasteiger charge is 2.10. The average Bonchev–Trinajstić information content (AvgIpc) is 2.56. The van der Waals surface area contributed by atoms with Crippen molar-refractivity contribution in [3.63, 3.8) is 0 Å². The molecule has 0 radical (unpaired) electrons. The van der Waals surface area contributed by atoms with Crippen molar-refractivity contribution in [2.45, 2.75) is 32.2 Å². The molecule has 0 fully saturated rings. The summed E-state index contributed by atoms with van der Waals surface area (Å²) in [5, 5.41) is 0. The van der Waals surface area contributed by atoms with Gasteiger partial charge in [0.1, 0.15) is 0 Å².